The Hall–Kier alpha value is -4.06. The Morgan fingerprint density at radius 1 is 0.438 bits per heavy atom. The van der Waals surface area contributed by atoms with Crippen LogP contribution in [0.1, 0.15) is 0 Å². The molecule has 0 amide bonds. The first-order chi connectivity index (χ1) is 15.6. The number of hydrogen-bond acceptors (Lipinski definition) is 6. The molecular formula is C26H24N2O4. The third kappa shape index (κ3) is 4.49. The first-order valence-corrected chi connectivity index (χ1v) is 10.0. The summed E-state index contributed by atoms with van der Waals surface area (Å²) in [6, 6.07) is 19.5. The number of benzene rings is 2. The van der Waals surface area contributed by atoms with E-state index in [2.05, 4.69) is 9.97 Å². The van der Waals surface area contributed by atoms with Crippen LogP contribution in [0, 0.1) is 0 Å². The van der Waals surface area contributed by atoms with Crippen molar-refractivity contribution < 1.29 is 18.9 Å². The van der Waals surface area contributed by atoms with E-state index in [9.17, 15) is 0 Å². The van der Waals surface area contributed by atoms with Gasteiger partial charge in [0.05, 0.1) is 39.8 Å². The van der Waals surface area contributed by atoms with Crippen LogP contribution in [-0.4, -0.2) is 38.4 Å². The average molecular weight is 428 g/mol. The van der Waals surface area contributed by atoms with Crippen molar-refractivity contribution >= 4 is 0 Å². The van der Waals surface area contributed by atoms with Gasteiger partial charge >= 0.3 is 0 Å². The summed E-state index contributed by atoms with van der Waals surface area (Å²) in [5, 5.41) is 0. The summed E-state index contributed by atoms with van der Waals surface area (Å²) in [6.07, 6.45) is 3.55. The van der Waals surface area contributed by atoms with Crippen molar-refractivity contribution in [3.63, 3.8) is 0 Å². The van der Waals surface area contributed by atoms with Crippen LogP contribution < -0.4 is 18.9 Å². The summed E-state index contributed by atoms with van der Waals surface area (Å²) in [4.78, 5) is 9.10. The lowest BCUT2D eigenvalue weighted by Crippen LogP contribution is -1.92. The van der Waals surface area contributed by atoms with Crippen LogP contribution in [0.3, 0.4) is 0 Å². The van der Waals surface area contributed by atoms with Gasteiger partial charge in [-0.2, -0.15) is 0 Å². The number of aromatic nitrogens is 2. The number of ether oxygens (including phenoxy) is 4. The Morgan fingerprint density at radius 2 is 0.781 bits per heavy atom. The largest absolute Gasteiger partial charge is 0.497 e. The molecule has 0 spiro atoms. The zero-order valence-electron chi connectivity index (χ0n) is 18.5. The molecule has 0 aliphatic heterocycles. The first kappa shape index (κ1) is 21.2. The molecule has 0 atom stereocenters. The third-order valence-corrected chi connectivity index (χ3v) is 5.15. The van der Waals surface area contributed by atoms with Crippen LogP contribution in [0.25, 0.3) is 33.6 Å². The monoisotopic (exact) mass is 428 g/mol. The van der Waals surface area contributed by atoms with Gasteiger partial charge < -0.3 is 18.9 Å². The second kappa shape index (κ2) is 9.39. The lowest BCUT2D eigenvalue weighted by Gasteiger charge is -2.11. The number of nitrogens with zero attached hydrogens (tertiary/aromatic N) is 2. The van der Waals surface area contributed by atoms with E-state index in [1.807, 2.05) is 60.7 Å². The molecule has 0 bridgehead atoms. The highest BCUT2D eigenvalue weighted by Crippen LogP contribution is 2.33. The molecule has 6 nitrogen and oxygen atoms in total. The topological polar surface area (TPSA) is 62.7 Å². The van der Waals surface area contributed by atoms with Gasteiger partial charge in [-0.05, 0) is 70.8 Å². The van der Waals surface area contributed by atoms with E-state index < -0.39 is 0 Å². The summed E-state index contributed by atoms with van der Waals surface area (Å²) in [6.45, 7) is 0. The molecule has 0 radical (unpaired) electrons. The molecule has 162 valence electrons. The van der Waals surface area contributed by atoms with Gasteiger partial charge in [-0.1, -0.05) is 0 Å². The summed E-state index contributed by atoms with van der Waals surface area (Å²) < 4.78 is 21.6. The highest BCUT2D eigenvalue weighted by atomic mass is 16.5. The van der Waals surface area contributed by atoms with Crippen molar-refractivity contribution in [2.45, 2.75) is 0 Å². The first-order valence-electron chi connectivity index (χ1n) is 10.0. The van der Waals surface area contributed by atoms with Crippen LogP contribution >= 0.6 is 0 Å². The van der Waals surface area contributed by atoms with Crippen molar-refractivity contribution in [2.75, 3.05) is 28.4 Å². The van der Waals surface area contributed by atoms with Gasteiger partial charge in [0.1, 0.15) is 23.0 Å². The molecular weight excluding hydrogens is 404 g/mol. The smallest absolute Gasteiger partial charge is 0.123 e. The molecule has 32 heavy (non-hydrogen) atoms. The van der Waals surface area contributed by atoms with Gasteiger partial charge in [0.25, 0.3) is 0 Å². The van der Waals surface area contributed by atoms with Crippen LogP contribution in [0.5, 0.6) is 23.0 Å². The third-order valence-electron chi connectivity index (χ3n) is 5.15. The number of methoxy groups -OCH3 is 4. The van der Waals surface area contributed by atoms with Crippen LogP contribution in [-0.2, 0) is 0 Å². The van der Waals surface area contributed by atoms with Crippen LogP contribution in [0.4, 0.5) is 0 Å². The number of pyridine rings is 2. The molecule has 0 saturated carbocycles. The molecule has 2 heterocycles. The fraction of sp³-hybridized carbons (Fsp3) is 0.154. The Labute approximate surface area is 187 Å². The Kier molecular flexibility index (Phi) is 6.22. The fourth-order valence-corrected chi connectivity index (χ4v) is 3.45. The zero-order chi connectivity index (χ0) is 22.5. The van der Waals surface area contributed by atoms with Gasteiger partial charge in [-0.3, -0.25) is 9.97 Å². The lowest BCUT2D eigenvalue weighted by molar-refractivity contribution is 0.394. The Balaban J connectivity index is 1.74. The second-order valence-corrected chi connectivity index (χ2v) is 7.06. The predicted molar refractivity (Wildman–Crippen MR) is 125 cm³/mol. The van der Waals surface area contributed by atoms with Crippen molar-refractivity contribution in [2.24, 2.45) is 0 Å². The molecule has 6 heteroatoms. The maximum Gasteiger partial charge on any atom is 0.123 e. The van der Waals surface area contributed by atoms with E-state index >= 15 is 0 Å². The molecule has 0 saturated heterocycles. The quantitative estimate of drug-likeness (QED) is 0.387. The maximum absolute atomic E-state index is 5.41. The fourth-order valence-electron chi connectivity index (χ4n) is 3.45. The summed E-state index contributed by atoms with van der Waals surface area (Å²) in [7, 11) is 6.55. The van der Waals surface area contributed by atoms with Gasteiger partial charge in [0.15, 0.2) is 0 Å². The SMILES string of the molecule is COc1cc(OC)cc(-c2ccnc(-c3cc(-c4cc(OC)cc(OC)c4)ccn3)c2)c1. The lowest BCUT2D eigenvalue weighted by atomic mass is 10.0. The highest BCUT2D eigenvalue weighted by Gasteiger charge is 2.10. The van der Waals surface area contributed by atoms with Crippen molar-refractivity contribution in [3.8, 4) is 56.6 Å². The van der Waals surface area contributed by atoms with E-state index in [0.717, 1.165) is 56.6 Å². The molecule has 2 aromatic carbocycles. The van der Waals surface area contributed by atoms with E-state index in [1.165, 1.54) is 0 Å². The molecule has 0 aliphatic rings. The maximum atomic E-state index is 5.41. The minimum Gasteiger partial charge on any atom is -0.497 e. The predicted octanol–water partition coefficient (Wildman–Crippen LogP) is 5.51. The van der Waals surface area contributed by atoms with Crippen molar-refractivity contribution in [1.82, 2.24) is 9.97 Å². The highest BCUT2D eigenvalue weighted by molar-refractivity contribution is 5.74. The zero-order valence-corrected chi connectivity index (χ0v) is 18.5. The van der Waals surface area contributed by atoms with Gasteiger partial charge in [-0.15, -0.1) is 0 Å². The number of hydrogen-bond donors (Lipinski definition) is 0. The van der Waals surface area contributed by atoms with Gasteiger partial charge in [0.2, 0.25) is 0 Å². The molecule has 0 aliphatic carbocycles. The molecule has 0 fully saturated rings. The molecule has 4 rings (SSSR count). The molecule has 0 unspecified atom stereocenters. The molecule has 2 aromatic heterocycles. The van der Waals surface area contributed by atoms with E-state index in [4.69, 9.17) is 18.9 Å². The van der Waals surface area contributed by atoms with Gasteiger partial charge in [-0.25, -0.2) is 0 Å². The standard InChI is InChI=1S/C26H24N2O4/c1-29-21-9-19(10-22(15-21)30-2)17-5-7-27-25(13-17)26-14-18(6-8-28-26)20-11-23(31-3)16-24(12-20)32-4/h5-16H,1-4H3. The molecule has 0 N–H and O–H groups in total. The summed E-state index contributed by atoms with van der Waals surface area (Å²) in [5.41, 5.74) is 5.45. The van der Waals surface area contributed by atoms with Gasteiger partial charge in [0, 0.05) is 24.5 Å². The van der Waals surface area contributed by atoms with E-state index in [0.29, 0.717) is 0 Å². The average Bonchev–Trinajstić information content (AvgIpc) is 2.88. The van der Waals surface area contributed by atoms with Crippen molar-refractivity contribution in [1.29, 1.82) is 0 Å². The van der Waals surface area contributed by atoms with Crippen molar-refractivity contribution in [3.05, 3.63) is 73.1 Å². The van der Waals surface area contributed by atoms with Crippen LogP contribution in [0.15, 0.2) is 73.1 Å². The summed E-state index contributed by atoms with van der Waals surface area (Å²) >= 11 is 0. The minimum atomic E-state index is 0.727. The van der Waals surface area contributed by atoms with E-state index in [-0.39, 0.29) is 0 Å². The molecule has 4 aromatic rings. The number of rotatable bonds is 7. The summed E-state index contributed by atoms with van der Waals surface area (Å²) in [5.74, 6) is 2.91. The van der Waals surface area contributed by atoms with Crippen LogP contribution in [0.2, 0.25) is 0 Å². The Bertz CT molecular complexity index is 1100. The second-order valence-electron chi connectivity index (χ2n) is 7.06. The Morgan fingerprint density at radius 3 is 1.09 bits per heavy atom. The van der Waals surface area contributed by atoms with E-state index in [1.54, 1.807) is 40.8 Å². The minimum absolute atomic E-state index is 0.727. The normalized spacial score (nSPS) is 10.5.